The van der Waals surface area contributed by atoms with Crippen molar-refractivity contribution < 1.29 is 9.13 Å². The molecule has 106 valence electrons. The largest absolute Gasteiger partial charge is 0.454 e. The van der Waals surface area contributed by atoms with Gasteiger partial charge in [0.25, 0.3) is 0 Å². The maximum absolute atomic E-state index is 14.1. The van der Waals surface area contributed by atoms with E-state index in [9.17, 15) is 4.39 Å². The van der Waals surface area contributed by atoms with Gasteiger partial charge in [-0.2, -0.15) is 0 Å². The monoisotopic (exact) mass is 337 g/mol. The first kappa shape index (κ1) is 15.0. The molecule has 0 spiro atoms. The Kier molecular flexibility index (Phi) is 4.78. The zero-order chi connectivity index (χ0) is 14.7. The minimum absolute atomic E-state index is 0.105. The van der Waals surface area contributed by atoms with Gasteiger partial charge in [-0.3, -0.25) is 0 Å². The van der Waals surface area contributed by atoms with Crippen molar-refractivity contribution in [3.63, 3.8) is 0 Å². The van der Waals surface area contributed by atoms with Crippen LogP contribution in [0.25, 0.3) is 0 Å². The summed E-state index contributed by atoms with van der Waals surface area (Å²) in [5, 5.41) is 3.08. The zero-order valence-corrected chi connectivity index (χ0v) is 13.3. The first-order valence-corrected chi connectivity index (χ1v) is 7.21. The molecule has 0 aliphatic heterocycles. The lowest BCUT2D eigenvalue weighted by Gasteiger charge is -2.13. The molecule has 2 rings (SSSR count). The number of hydrogen-bond acceptors (Lipinski definition) is 2. The van der Waals surface area contributed by atoms with Gasteiger partial charge in [0.15, 0.2) is 11.6 Å². The Labute approximate surface area is 127 Å². The van der Waals surface area contributed by atoms with E-state index >= 15 is 0 Å². The van der Waals surface area contributed by atoms with E-state index in [4.69, 9.17) is 4.74 Å². The molecule has 0 saturated heterocycles. The fraction of sp³-hybridized carbons (Fsp3) is 0.250. The number of halogens is 2. The van der Waals surface area contributed by atoms with E-state index in [-0.39, 0.29) is 17.6 Å². The van der Waals surface area contributed by atoms with Crippen LogP contribution in [0.3, 0.4) is 0 Å². The number of ether oxygens (including phenoxy) is 1. The van der Waals surface area contributed by atoms with Gasteiger partial charge < -0.3 is 10.1 Å². The third-order valence-corrected chi connectivity index (χ3v) is 3.74. The second-order valence-corrected chi connectivity index (χ2v) is 5.63. The quantitative estimate of drug-likeness (QED) is 0.850. The highest BCUT2D eigenvalue weighted by Crippen LogP contribution is 2.30. The van der Waals surface area contributed by atoms with E-state index in [1.165, 1.54) is 6.07 Å². The molecular weight excluding hydrogens is 321 g/mol. The SMILES string of the molecule is CNC(C)c1ccc(Oc2ccc(Br)cc2C)c(F)c1. The maximum Gasteiger partial charge on any atom is 0.166 e. The van der Waals surface area contributed by atoms with Gasteiger partial charge >= 0.3 is 0 Å². The van der Waals surface area contributed by atoms with Crippen molar-refractivity contribution in [1.82, 2.24) is 5.32 Å². The van der Waals surface area contributed by atoms with Crippen molar-refractivity contribution in [1.29, 1.82) is 0 Å². The molecule has 0 bridgehead atoms. The third-order valence-electron chi connectivity index (χ3n) is 3.25. The van der Waals surface area contributed by atoms with Gasteiger partial charge in [-0.25, -0.2) is 4.39 Å². The molecule has 0 heterocycles. The van der Waals surface area contributed by atoms with Crippen LogP contribution in [0, 0.1) is 12.7 Å². The molecule has 1 N–H and O–H groups in total. The average molecular weight is 338 g/mol. The summed E-state index contributed by atoms with van der Waals surface area (Å²) in [5.74, 6) is 0.538. The summed E-state index contributed by atoms with van der Waals surface area (Å²) >= 11 is 3.39. The summed E-state index contributed by atoms with van der Waals surface area (Å²) in [6, 6.07) is 10.8. The molecule has 2 nitrogen and oxygen atoms in total. The van der Waals surface area contributed by atoms with E-state index < -0.39 is 0 Å². The summed E-state index contributed by atoms with van der Waals surface area (Å²) in [4.78, 5) is 0. The summed E-state index contributed by atoms with van der Waals surface area (Å²) in [6.07, 6.45) is 0. The van der Waals surface area contributed by atoms with Crippen LogP contribution in [0.5, 0.6) is 11.5 Å². The van der Waals surface area contributed by atoms with E-state index in [1.807, 2.05) is 45.2 Å². The van der Waals surface area contributed by atoms with Crippen LogP contribution in [0.2, 0.25) is 0 Å². The molecule has 0 aliphatic carbocycles. The van der Waals surface area contributed by atoms with Gasteiger partial charge in [-0.05, 0) is 62.4 Å². The van der Waals surface area contributed by atoms with Crippen LogP contribution in [-0.4, -0.2) is 7.05 Å². The Bertz CT molecular complexity index is 615. The second-order valence-electron chi connectivity index (χ2n) is 4.71. The fourth-order valence-corrected chi connectivity index (χ4v) is 2.36. The summed E-state index contributed by atoms with van der Waals surface area (Å²) in [5.41, 5.74) is 1.84. The highest BCUT2D eigenvalue weighted by molar-refractivity contribution is 9.10. The molecule has 0 radical (unpaired) electrons. The smallest absolute Gasteiger partial charge is 0.166 e. The van der Waals surface area contributed by atoms with Crippen LogP contribution in [-0.2, 0) is 0 Å². The second kappa shape index (κ2) is 6.37. The topological polar surface area (TPSA) is 21.3 Å². The van der Waals surface area contributed by atoms with Crippen molar-refractivity contribution in [3.05, 3.63) is 57.8 Å². The molecule has 0 aliphatic rings. The summed E-state index contributed by atoms with van der Waals surface area (Å²) in [6.45, 7) is 3.91. The van der Waals surface area contributed by atoms with E-state index in [1.54, 1.807) is 6.07 Å². The van der Waals surface area contributed by atoms with Gasteiger partial charge in [0, 0.05) is 10.5 Å². The lowest BCUT2D eigenvalue weighted by atomic mass is 10.1. The van der Waals surface area contributed by atoms with Crippen LogP contribution in [0.15, 0.2) is 40.9 Å². The number of aryl methyl sites for hydroxylation is 1. The van der Waals surface area contributed by atoms with Gasteiger partial charge in [-0.15, -0.1) is 0 Å². The standard InChI is InChI=1S/C16H17BrFNO/c1-10-8-13(17)5-7-15(10)20-16-6-4-12(9-14(16)18)11(2)19-3/h4-9,11,19H,1-3H3. The van der Waals surface area contributed by atoms with Gasteiger partial charge in [0.2, 0.25) is 0 Å². The average Bonchev–Trinajstić information content (AvgIpc) is 2.42. The van der Waals surface area contributed by atoms with Gasteiger partial charge in [-0.1, -0.05) is 22.0 Å². The molecule has 20 heavy (non-hydrogen) atoms. The fourth-order valence-electron chi connectivity index (χ4n) is 1.88. The van der Waals surface area contributed by atoms with Crippen molar-refractivity contribution in [2.24, 2.45) is 0 Å². The number of rotatable bonds is 4. The van der Waals surface area contributed by atoms with Crippen molar-refractivity contribution in [2.75, 3.05) is 7.05 Å². The first-order chi connectivity index (χ1) is 9.51. The van der Waals surface area contributed by atoms with Crippen molar-refractivity contribution in [3.8, 4) is 11.5 Å². The molecule has 0 aromatic heterocycles. The van der Waals surface area contributed by atoms with Crippen LogP contribution >= 0.6 is 15.9 Å². The number of hydrogen-bond donors (Lipinski definition) is 1. The Morgan fingerprint density at radius 1 is 1.15 bits per heavy atom. The Hall–Kier alpha value is -1.39. The first-order valence-electron chi connectivity index (χ1n) is 6.42. The van der Waals surface area contributed by atoms with Crippen molar-refractivity contribution >= 4 is 15.9 Å². The molecular formula is C16H17BrFNO. The summed E-state index contributed by atoms with van der Waals surface area (Å²) < 4.78 is 20.7. The normalized spacial score (nSPS) is 12.2. The molecule has 0 saturated carbocycles. The minimum atomic E-state index is -0.355. The predicted molar refractivity (Wildman–Crippen MR) is 82.8 cm³/mol. The van der Waals surface area contributed by atoms with Crippen LogP contribution in [0.1, 0.15) is 24.1 Å². The molecule has 1 atom stereocenters. The number of benzene rings is 2. The van der Waals surface area contributed by atoms with E-state index in [0.29, 0.717) is 5.75 Å². The van der Waals surface area contributed by atoms with Crippen LogP contribution < -0.4 is 10.1 Å². The lowest BCUT2D eigenvalue weighted by molar-refractivity contribution is 0.438. The lowest BCUT2D eigenvalue weighted by Crippen LogP contribution is -2.12. The molecule has 2 aromatic carbocycles. The zero-order valence-electron chi connectivity index (χ0n) is 11.7. The third kappa shape index (κ3) is 3.38. The van der Waals surface area contributed by atoms with Gasteiger partial charge in [0.1, 0.15) is 5.75 Å². The minimum Gasteiger partial charge on any atom is -0.454 e. The Balaban J connectivity index is 2.25. The van der Waals surface area contributed by atoms with Crippen molar-refractivity contribution in [2.45, 2.75) is 19.9 Å². The molecule has 4 heteroatoms. The Morgan fingerprint density at radius 3 is 2.45 bits per heavy atom. The van der Waals surface area contributed by atoms with E-state index in [0.717, 1.165) is 15.6 Å². The molecule has 2 aromatic rings. The highest BCUT2D eigenvalue weighted by Gasteiger charge is 2.10. The van der Waals surface area contributed by atoms with E-state index in [2.05, 4.69) is 21.2 Å². The molecule has 1 unspecified atom stereocenters. The number of nitrogens with one attached hydrogen (secondary N) is 1. The van der Waals surface area contributed by atoms with Crippen LogP contribution in [0.4, 0.5) is 4.39 Å². The Morgan fingerprint density at radius 2 is 1.85 bits per heavy atom. The van der Waals surface area contributed by atoms with Gasteiger partial charge in [0.05, 0.1) is 0 Å². The molecule has 0 amide bonds. The maximum atomic E-state index is 14.1. The summed E-state index contributed by atoms with van der Waals surface area (Å²) in [7, 11) is 1.85. The highest BCUT2D eigenvalue weighted by atomic mass is 79.9. The molecule has 0 fully saturated rings. The predicted octanol–water partition coefficient (Wildman–Crippen LogP) is 4.97.